The standard InChI is InChI=1S/C10H7N3OS/c11-10(14)9-6-2-1-5-3-12-13-8(5)7(6)4-15-9/h1-4H,(H2,11,14)(H,12,13). The third-order valence-electron chi connectivity index (χ3n) is 2.42. The van der Waals surface area contributed by atoms with Crippen LogP contribution in [-0.4, -0.2) is 16.1 Å². The van der Waals surface area contributed by atoms with Gasteiger partial charge < -0.3 is 5.73 Å². The number of amides is 1. The smallest absolute Gasteiger partial charge is 0.259 e. The van der Waals surface area contributed by atoms with Crippen molar-refractivity contribution in [2.45, 2.75) is 0 Å². The molecule has 0 aliphatic carbocycles. The predicted octanol–water partition coefficient (Wildman–Crippen LogP) is 1.88. The number of primary amides is 1. The fraction of sp³-hybridized carbons (Fsp3) is 0. The fourth-order valence-electron chi connectivity index (χ4n) is 1.73. The molecule has 5 heteroatoms. The fourth-order valence-corrected chi connectivity index (χ4v) is 2.63. The number of hydrogen-bond acceptors (Lipinski definition) is 3. The number of benzene rings is 1. The van der Waals surface area contributed by atoms with Crippen LogP contribution >= 0.6 is 11.3 Å². The molecule has 3 rings (SSSR count). The predicted molar refractivity (Wildman–Crippen MR) is 60.0 cm³/mol. The zero-order valence-electron chi connectivity index (χ0n) is 7.65. The summed E-state index contributed by atoms with van der Waals surface area (Å²) in [5.74, 6) is -0.381. The molecule has 0 atom stereocenters. The van der Waals surface area contributed by atoms with Gasteiger partial charge in [-0.2, -0.15) is 5.10 Å². The molecule has 0 saturated heterocycles. The van der Waals surface area contributed by atoms with Gasteiger partial charge in [0.15, 0.2) is 0 Å². The van der Waals surface area contributed by atoms with Gasteiger partial charge in [-0.3, -0.25) is 9.89 Å². The molecule has 0 bridgehead atoms. The highest BCUT2D eigenvalue weighted by Crippen LogP contribution is 2.30. The molecule has 15 heavy (non-hydrogen) atoms. The van der Waals surface area contributed by atoms with Crippen LogP contribution in [0.15, 0.2) is 23.7 Å². The van der Waals surface area contributed by atoms with E-state index < -0.39 is 0 Å². The van der Waals surface area contributed by atoms with Crippen molar-refractivity contribution in [2.24, 2.45) is 5.73 Å². The van der Waals surface area contributed by atoms with Crippen molar-refractivity contribution in [1.82, 2.24) is 10.2 Å². The van der Waals surface area contributed by atoms with E-state index in [0.717, 1.165) is 21.7 Å². The van der Waals surface area contributed by atoms with Crippen LogP contribution in [0.4, 0.5) is 0 Å². The molecule has 0 spiro atoms. The number of H-pyrrole nitrogens is 1. The molecule has 4 nitrogen and oxygen atoms in total. The van der Waals surface area contributed by atoms with Crippen LogP contribution in [0, 0.1) is 0 Å². The van der Waals surface area contributed by atoms with Gasteiger partial charge in [-0.15, -0.1) is 11.3 Å². The van der Waals surface area contributed by atoms with Crippen molar-refractivity contribution >= 4 is 38.9 Å². The molecule has 74 valence electrons. The van der Waals surface area contributed by atoms with Gasteiger partial charge in [-0.25, -0.2) is 0 Å². The molecule has 0 radical (unpaired) electrons. The average molecular weight is 217 g/mol. The first-order valence-corrected chi connectivity index (χ1v) is 5.28. The molecule has 0 fully saturated rings. The largest absolute Gasteiger partial charge is 0.365 e. The van der Waals surface area contributed by atoms with Crippen molar-refractivity contribution in [3.63, 3.8) is 0 Å². The summed E-state index contributed by atoms with van der Waals surface area (Å²) in [5.41, 5.74) is 6.24. The number of rotatable bonds is 1. The van der Waals surface area contributed by atoms with Crippen LogP contribution in [0.3, 0.4) is 0 Å². The van der Waals surface area contributed by atoms with E-state index >= 15 is 0 Å². The Hall–Kier alpha value is -1.88. The van der Waals surface area contributed by atoms with E-state index in [1.165, 1.54) is 11.3 Å². The first-order chi connectivity index (χ1) is 7.27. The summed E-state index contributed by atoms with van der Waals surface area (Å²) >= 11 is 1.37. The number of nitrogens with two attached hydrogens (primary N) is 1. The van der Waals surface area contributed by atoms with Crippen LogP contribution in [0.1, 0.15) is 9.67 Å². The maximum atomic E-state index is 11.2. The van der Waals surface area contributed by atoms with Gasteiger partial charge in [0.2, 0.25) is 0 Å². The van der Waals surface area contributed by atoms with Crippen molar-refractivity contribution in [3.05, 3.63) is 28.6 Å². The Morgan fingerprint density at radius 1 is 1.40 bits per heavy atom. The number of aromatic amines is 1. The lowest BCUT2D eigenvalue weighted by Gasteiger charge is -1.94. The minimum Gasteiger partial charge on any atom is -0.365 e. The van der Waals surface area contributed by atoms with Crippen LogP contribution in [0.25, 0.3) is 21.7 Å². The molecule has 1 aromatic carbocycles. The zero-order chi connectivity index (χ0) is 10.4. The Bertz CT molecular complexity index is 667. The summed E-state index contributed by atoms with van der Waals surface area (Å²) in [6.07, 6.45) is 1.76. The van der Waals surface area contributed by atoms with E-state index in [1.54, 1.807) is 6.20 Å². The third kappa shape index (κ3) is 1.07. The quantitative estimate of drug-likeness (QED) is 0.653. The summed E-state index contributed by atoms with van der Waals surface area (Å²) in [4.78, 5) is 11.8. The van der Waals surface area contributed by atoms with Crippen LogP contribution in [0.5, 0.6) is 0 Å². The molecule has 0 saturated carbocycles. The van der Waals surface area contributed by atoms with Crippen molar-refractivity contribution in [3.8, 4) is 0 Å². The Labute approximate surface area is 88.7 Å². The van der Waals surface area contributed by atoms with E-state index in [4.69, 9.17) is 5.73 Å². The minimum atomic E-state index is -0.381. The lowest BCUT2D eigenvalue weighted by Crippen LogP contribution is -2.08. The van der Waals surface area contributed by atoms with E-state index in [0.29, 0.717) is 4.88 Å². The van der Waals surface area contributed by atoms with Gasteiger partial charge in [-0.1, -0.05) is 12.1 Å². The second kappa shape index (κ2) is 2.80. The Balaban J connectivity index is 2.51. The number of thiophene rings is 1. The topological polar surface area (TPSA) is 71.8 Å². The van der Waals surface area contributed by atoms with Crippen LogP contribution in [-0.2, 0) is 0 Å². The molecular formula is C10H7N3OS. The minimum absolute atomic E-state index is 0.381. The van der Waals surface area contributed by atoms with Gasteiger partial charge in [0, 0.05) is 21.5 Å². The van der Waals surface area contributed by atoms with E-state index in [9.17, 15) is 4.79 Å². The van der Waals surface area contributed by atoms with E-state index in [2.05, 4.69) is 10.2 Å². The second-order valence-corrected chi connectivity index (χ2v) is 4.17. The highest BCUT2D eigenvalue weighted by atomic mass is 32.1. The molecule has 0 aliphatic heterocycles. The highest BCUT2D eigenvalue weighted by molar-refractivity contribution is 7.14. The summed E-state index contributed by atoms with van der Waals surface area (Å²) in [6, 6.07) is 3.84. The van der Waals surface area contributed by atoms with E-state index in [-0.39, 0.29) is 5.91 Å². The summed E-state index contributed by atoms with van der Waals surface area (Å²) in [7, 11) is 0. The number of aromatic nitrogens is 2. The highest BCUT2D eigenvalue weighted by Gasteiger charge is 2.11. The number of carbonyl (C=O) groups is 1. The lowest BCUT2D eigenvalue weighted by atomic mass is 10.1. The molecule has 0 aliphatic rings. The van der Waals surface area contributed by atoms with Crippen LogP contribution in [0.2, 0.25) is 0 Å². The molecule has 3 aromatic rings. The molecule has 1 amide bonds. The molecule has 0 unspecified atom stereocenters. The molecule has 2 heterocycles. The lowest BCUT2D eigenvalue weighted by molar-refractivity contribution is 0.101. The maximum absolute atomic E-state index is 11.2. The number of fused-ring (bicyclic) bond motifs is 3. The Morgan fingerprint density at radius 3 is 3.07 bits per heavy atom. The molecular weight excluding hydrogens is 210 g/mol. The van der Waals surface area contributed by atoms with Crippen molar-refractivity contribution < 1.29 is 4.79 Å². The number of carbonyl (C=O) groups excluding carboxylic acids is 1. The SMILES string of the molecule is NC(=O)c1scc2c1ccc1cn[nH]c12. The number of hydrogen-bond donors (Lipinski definition) is 2. The van der Waals surface area contributed by atoms with Gasteiger partial charge in [0.05, 0.1) is 16.6 Å². The second-order valence-electron chi connectivity index (χ2n) is 3.29. The average Bonchev–Trinajstić information content (AvgIpc) is 2.82. The monoisotopic (exact) mass is 217 g/mol. The molecule has 2 aromatic heterocycles. The van der Waals surface area contributed by atoms with Gasteiger partial charge in [0.25, 0.3) is 5.91 Å². The van der Waals surface area contributed by atoms with Gasteiger partial charge in [-0.05, 0) is 0 Å². The van der Waals surface area contributed by atoms with E-state index in [1.807, 2.05) is 17.5 Å². The normalized spacial score (nSPS) is 11.2. The molecule has 3 N–H and O–H groups in total. The Kier molecular flexibility index (Phi) is 1.58. The Morgan fingerprint density at radius 2 is 2.27 bits per heavy atom. The van der Waals surface area contributed by atoms with Gasteiger partial charge >= 0.3 is 0 Å². The number of nitrogens with one attached hydrogen (secondary N) is 1. The first kappa shape index (κ1) is 8.43. The summed E-state index contributed by atoms with van der Waals surface area (Å²) < 4.78 is 0. The van der Waals surface area contributed by atoms with Crippen molar-refractivity contribution in [1.29, 1.82) is 0 Å². The van der Waals surface area contributed by atoms with Crippen LogP contribution < -0.4 is 5.73 Å². The number of nitrogens with zero attached hydrogens (tertiary/aromatic N) is 1. The summed E-state index contributed by atoms with van der Waals surface area (Å²) in [6.45, 7) is 0. The third-order valence-corrected chi connectivity index (χ3v) is 3.43. The summed E-state index contributed by atoms with van der Waals surface area (Å²) in [5, 5.41) is 11.7. The van der Waals surface area contributed by atoms with Crippen molar-refractivity contribution in [2.75, 3.05) is 0 Å². The van der Waals surface area contributed by atoms with Gasteiger partial charge in [0.1, 0.15) is 0 Å². The zero-order valence-corrected chi connectivity index (χ0v) is 8.47. The maximum Gasteiger partial charge on any atom is 0.259 e. The first-order valence-electron chi connectivity index (χ1n) is 4.40.